The summed E-state index contributed by atoms with van der Waals surface area (Å²) in [7, 11) is 0. The second kappa shape index (κ2) is 7.89. The SMILES string of the molecule is Cc1csc([C@@H](C#N)C(=O)COC(=O)/C=C/c2cc(C)n(C3CC3)c2C)n1. The van der Waals surface area contributed by atoms with E-state index in [0.717, 1.165) is 17.0 Å². The number of ether oxygens (including phenoxy) is 1. The number of nitrogens with zero attached hydrogens (tertiary/aromatic N) is 3. The summed E-state index contributed by atoms with van der Waals surface area (Å²) in [6, 6.07) is 4.55. The molecule has 2 heterocycles. The number of carbonyl (C=O) groups excluding carboxylic acids is 2. The minimum Gasteiger partial charge on any atom is -0.454 e. The molecule has 0 aliphatic heterocycles. The van der Waals surface area contributed by atoms with Crippen molar-refractivity contribution < 1.29 is 14.3 Å². The summed E-state index contributed by atoms with van der Waals surface area (Å²) in [5.41, 5.74) is 4.02. The lowest BCUT2D eigenvalue weighted by Crippen LogP contribution is -2.19. The van der Waals surface area contributed by atoms with Crippen LogP contribution in [-0.4, -0.2) is 27.9 Å². The Labute approximate surface area is 162 Å². The quantitative estimate of drug-likeness (QED) is 0.538. The first-order valence-corrected chi connectivity index (χ1v) is 9.66. The summed E-state index contributed by atoms with van der Waals surface area (Å²) in [6.45, 7) is 5.44. The van der Waals surface area contributed by atoms with E-state index >= 15 is 0 Å². The summed E-state index contributed by atoms with van der Waals surface area (Å²) in [5, 5.41) is 11.4. The number of aromatic nitrogens is 2. The molecule has 7 heteroatoms. The zero-order valence-corrected chi connectivity index (χ0v) is 16.4. The fourth-order valence-corrected chi connectivity index (χ4v) is 3.93. The van der Waals surface area contributed by atoms with Crippen molar-refractivity contribution in [2.45, 2.75) is 45.6 Å². The lowest BCUT2D eigenvalue weighted by Gasteiger charge is -2.06. The van der Waals surface area contributed by atoms with E-state index < -0.39 is 24.3 Å². The first-order valence-electron chi connectivity index (χ1n) is 8.78. The van der Waals surface area contributed by atoms with Crippen LogP contribution in [0.3, 0.4) is 0 Å². The second-order valence-corrected chi connectivity index (χ2v) is 7.61. The minimum atomic E-state index is -1.00. The lowest BCUT2D eigenvalue weighted by atomic mass is 10.1. The predicted octanol–water partition coefficient (Wildman–Crippen LogP) is 3.64. The van der Waals surface area contributed by atoms with E-state index in [2.05, 4.69) is 16.5 Å². The smallest absolute Gasteiger partial charge is 0.331 e. The van der Waals surface area contributed by atoms with Crippen LogP contribution in [0.5, 0.6) is 0 Å². The molecule has 6 nitrogen and oxygen atoms in total. The van der Waals surface area contributed by atoms with Crippen molar-refractivity contribution in [3.8, 4) is 6.07 Å². The molecule has 1 atom stereocenters. The standard InChI is InChI=1S/C20H21N3O3S/c1-12-11-27-20(22-12)17(9-21)18(24)10-26-19(25)7-4-15-8-13(2)23(14(15)3)16-5-6-16/h4,7-8,11,16-17H,5-6,10H2,1-3H3/b7-4+/t17-/m0/s1. The van der Waals surface area contributed by atoms with Crippen LogP contribution in [0.25, 0.3) is 6.08 Å². The summed E-state index contributed by atoms with van der Waals surface area (Å²) in [6.07, 6.45) is 5.42. The van der Waals surface area contributed by atoms with E-state index in [1.807, 2.05) is 19.1 Å². The molecule has 0 bridgehead atoms. The molecule has 0 radical (unpaired) electrons. The van der Waals surface area contributed by atoms with Gasteiger partial charge >= 0.3 is 5.97 Å². The first kappa shape index (κ1) is 19.1. The third-order valence-corrected chi connectivity index (χ3v) is 5.55. The Kier molecular flexibility index (Phi) is 5.57. The highest BCUT2D eigenvalue weighted by Gasteiger charge is 2.27. The van der Waals surface area contributed by atoms with Gasteiger partial charge in [0.1, 0.15) is 5.01 Å². The number of esters is 1. The van der Waals surface area contributed by atoms with Gasteiger partial charge < -0.3 is 9.30 Å². The molecule has 3 rings (SSSR count). The van der Waals surface area contributed by atoms with Crippen LogP contribution in [0.4, 0.5) is 0 Å². The Morgan fingerprint density at radius 3 is 2.78 bits per heavy atom. The minimum absolute atomic E-state index is 0.430. The van der Waals surface area contributed by atoms with E-state index in [4.69, 9.17) is 4.74 Å². The fourth-order valence-electron chi connectivity index (χ4n) is 3.07. The summed E-state index contributed by atoms with van der Waals surface area (Å²) >= 11 is 1.25. The van der Waals surface area contributed by atoms with Gasteiger partial charge in [0.05, 0.1) is 6.07 Å². The van der Waals surface area contributed by atoms with Gasteiger partial charge in [-0.15, -0.1) is 11.3 Å². The Hall–Kier alpha value is -2.72. The van der Waals surface area contributed by atoms with E-state index in [9.17, 15) is 14.9 Å². The predicted molar refractivity (Wildman–Crippen MR) is 102 cm³/mol. The van der Waals surface area contributed by atoms with Crippen LogP contribution < -0.4 is 0 Å². The largest absolute Gasteiger partial charge is 0.454 e. The van der Waals surface area contributed by atoms with Crippen LogP contribution in [0.15, 0.2) is 17.5 Å². The first-order chi connectivity index (χ1) is 12.9. The summed E-state index contributed by atoms with van der Waals surface area (Å²) in [5.74, 6) is -2.08. The van der Waals surface area contributed by atoms with Crippen LogP contribution in [0, 0.1) is 32.1 Å². The molecule has 1 aliphatic carbocycles. The fraction of sp³-hybridized carbons (Fsp3) is 0.400. The van der Waals surface area contributed by atoms with Gasteiger partial charge in [-0.1, -0.05) is 0 Å². The molecule has 1 aliphatic rings. The molecule has 0 spiro atoms. The van der Waals surface area contributed by atoms with E-state index in [1.54, 1.807) is 18.4 Å². The van der Waals surface area contributed by atoms with E-state index in [-0.39, 0.29) is 0 Å². The number of hydrogen-bond donors (Lipinski definition) is 0. The van der Waals surface area contributed by atoms with Crippen molar-refractivity contribution >= 4 is 29.2 Å². The normalized spacial score (nSPS) is 14.9. The molecule has 0 amide bonds. The van der Waals surface area contributed by atoms with Gasteiger partial charge in [0, 0.05) is 34.6 Å². The molecule has 0 N–H and O–H groups in total. The monoisotopic (exact) mass is 383 g/mol. The molecule has 2 aromatic rings. The Balaban J connectivity index is 1.58. The number of hydrogen-bond acceptors (Lipinski definition) is 6. The maximum atomic E-state index is 12.2. The number of nitriles is 1. The van der Waals surface area contributed by atoms with Crippen molar-refractivity contribution in [1.29, 1.82) is 5.26 Å². The van der Waals surface area contributed by atoms with E-state index in [1.165, 1.54) is 35.9 Å². The average molecular weight is 383 g/mol. The van der Waals surface area contributed by atoms with Gasteiger partial charge in [0.25, 0.3) is 0 Å². The van der Waals surface area contributed by atoms with Gasteiger partial charge in [-0.05, 0) is 51.3 Å². The van der Waals surface area contributed by atoms with Gasteiger partial charge in [-0.25, -0.2) is 9.78 Å². The highest BCUT2D eigenvalue weighted by molar-refractivity contribution is 7.09. The molecule has 1 saturated carbocycles. The zero-order valence-electron chi connectivity index (χ0n) is 15.6. The Morgan fingerprint density at radius 2 is 2.19 bits per heavy atom. The maximum absolute atomic E-state index is 12.2. The van der Waals surface area contributed by atoms with Crippen LogP contribution in [0.2, 0.25) is 0 Å². The highest BCUT2D eigenvalue weighted by Crippen LogP contribution is 2.38. The highest BCUT2D eigenvalue weighted by atomic mass is 32.1. The summed E-state index contributed by atoms with van der Waals surface area (Å²) in [4.78, 5) is 28.3. The topological polar surface area (TPSA) is 85.0 Å². The lowest BCUT2D eigenvalue weighted by molar-refractivity contribution is -0.143. The third-order valence-electron chi connectivity index (χ3n) is 4.53. The van der Waals surface area contributed by atoms with Gasteiger partial charge in [0.2, 0.25) is 0 Å². The number of ketones is 1. The molecule has 1 fully saturated rings. The number of aryl methyl sites for hydroxylation is 2. The number of carbonyl (C=O) groups is 2. The van der Waals surface area contributed by atoms with Gasteiger partial charge in [-0.2, -0.15) is 5.26 Å². The molecular formula is C20H21N3O3S. The van der Waals surface area contributed by atoms with Gasteiger partial charge in [-0.3, -0.25) is 4.79 Å². The van der Waals surface area contributed by atoms with Crippen molar-refractivity contribution in [1.82, 2.24) is 9.55 Å². The zero-order chi connectivity index (χ0) is 19.6. The Bertz CT molecular complexity index is 944. The van der Waals surface area contributed by atoms with Crippen LogP contribution in [0.1, 0.15) is 52.5 Å². The van der Waals surface area contributed by atoms with Crippen LogP contribution in [-0.2, 0) is 14.3 Å². The summed E-state index contributed by atoms with van der Waals surface area (Å²) < 4.78 is 7.31. The van der Waals surface area contributed by atoms with Crippen molar-refractivity contribution in [2.24, 2.45) is 0 Å². The van der Waals surface area contributed by atoms with Crippen molar-refractivity contribution in [3.63, 3.8) is 0 Å². The van der Waals surface area contributed by atoms with Crippen molar-refractivity contribution in [2.75, 3.05) is 6.61 Å². The number of thiazole rings is 1. The molecular weight excluding hydrogens is 362 g/mol. The van der Waals surface area contributed by atoms with Crippen molar-refractivity contribution in [3.05, 3.63) is 45.2 Å². The Morgan fingerprint density at radius 1 is 1.44 bits per heavy atom. The molecule has 27 heavy (non-hydrogen) atoms. The van der Waals surface area contributed by atoms with Crippen LogP contribution >= 0.6 is 11.3 Å². The maximum Gasteiger partial charge on any atom is 0.331 e. The number of rotatable bonds is 7. The second-order valence-electron chi connectivity index (χ2n) is 6.72. The van der Waals surface area contributed by atoms with Gasteiger partial charge in [0.15, 0.2) is 18.3 Å². The number of Topliss-reactive ketones (excluding diaryl/α,β-unsaturated/α-hetero) is 1. The van der Waals surface area contributed by atoms with E-state index in [0.29, 0.717) is 11.0 Å². The molecule has 0 saturated heterocycles. The molecule has 140 valence electrons. The molecule has 0 aromatic carbocycles. The third kappa shape index (κ3) is 4.34. The average Bonchev–Trinajstić information content (AvgIpc) is 3.30. The molecule has 0 unspecified atom stereocenters. The molecule has 2 aromatic heterocycles.